The predicted molar refractivity (Wildman–Crippen MR) is 123 cm³/mol. The largest absolute Gasteiger partial charge is 0.471 e. The molecular weight excluding hydrogens is 435 g/mol. The number of benzene rings is 2. The van der Waals surface area contributed by atoms with E-state index in [0.29, 0.717) is 39.2 Å². The van der Waals surface area contributed by atoms with Crippen LogP contribution in [0.15, 0.2) is 48.5 Å². The van der Waals surface area contributed by atoms with Crippen LogP contribution >= 0.6 is 23.2 Å². The summed E-state index contributed by atoms with van der Waals surface area (Å²) in [6.07, 6.45) is 0.676. The fourth-order valence-electron chi connectivity index (χ4n) is 3.81. The second-order valence-electron chi connectivity index (χ2n) is 8.14. The van der Waals surface area contributed by atoms with E-state index in [1.165, 1.54) is 7.11 Å². The Morgan fingerprint density at radius 1 is 1.13 bits per heavy atom. The molecule has 1 atom stereocenters. The number of esters is 1. The third-order valence-electron chi connectivity index (χ3n) is 5.30. The van der Waals surface area contributed by atoms with Gasteiger partial charge in [0, 0.05) is 34.2 Å². The van der Waals surface area contributed by atoms with Crippen molar-refractivity contribution in [2.45, 2.75) is 31.9 Å². The molecule has 1 aliphatic heterocycles. The van der Waals surface area contributed by atoms with Gasteiger partial charge in [0.25, 0.3) is 0 Å². The molecule has 4 rings (SSSR count). The van der Waals surface area contributed by atoms with E-state index in [9.17, 15) is 4.79 Å². The van der Waals surface area contributed by atoms with Gasteiger partial charge in [-0.3, -0.25) is 0 Å². The summed E-state index contributed by atoms with van der Waals surface area (Å²) in [6, 6.07) is 14.3. The number of pyridine rings is 1. The third-order valence-corrected chi connectivity index (χ3v) is 5.86. The minimum atomic E-state index is -0.458. The number of nitrogens with zero attached hydrogens (tertiary/aromatic N) is 1. The minimum absolute atomic E-state index is 0.205. The highest BCUT2D eigenvalue weighted by Crippen LogP contribution is 2.43. The first-order chi connectivity index (χ1) is 14.7. The molecule has 0 bridgehead atoms. The zero-order chi connectivity index (χ0) is 22.3. The predicted octanol–water partition coefficient (Wildman–Crippen LogP) is 6.07. The number of carbonyl (C=O) groups excluding carboxylic acids is 1. The lowest BCUT2D eigenvalue weighted by molar-refractivity contribution is 0.0600. The highest BCUT2D eigenvalue weighted by atomic mass is 35.5. The standard InChI is InChI=1S/C24H22Cl2N2O3/c1-24(2)12-20(27)18-11-17(13-4-7-15(25)8-5-13)21(28-22(18)31-24)16-9-6-14(10-19(16)26)23(29)30-3/h4-11,20H,12,27H2,1-3H3. The molecule has 2 heterocycles. The number of carbonyl (C=O) groups is 1. The first kappa shape index (κ1) is 21.6. The molecule has 160 valence electrons. The molecule has 31 heavy (non-hydrogen) atoms. The van der Waals surface area contributed by atoms with Gasteiger partial charge in [0.2, 0.25) is 5.88 Å². The van der Waals surface area contributed by atoms with Gasteiger partial charge in [0.1, 0.15) is 5.60 Å². The van der Waals surface area contributed by atoms with Crippen molar-refractivity contribution in [3.05, 3.63) is 69.7 Å². The summed E-state index contributed by atoms with van der Waals surface area (Å²) in [6.45, 7) is 3.98. The van der Waals surface area contributed by atoms with E-state index in [1.54, 1.807) is 18.2 Å². The molecule has 0 radical (unpaired) electrons. The Hall–Kier alpha value is -2.60. The van der Waals surface area contributed by atoms with Gasteiger partial charge in [-0.25, -0.2) is 9.78 Å². The second-order valence-corrected chi connectivity index (χ2v) is 8.99. The zero-order valence-electron chi connectivity index (χ0n) is 17.4. The molecule has 3 aromatic rings. The van der Waals surface area contributed by atoms with E-state index in [1.807, 2.05) is 44.2 Å². The summed E-state index contributed by atoms with van der Waals surface area (Å²) >= 11 is 12.7. The Morgan fingerprint density at radius 2 is 1.84 bits per heavy atom. The van der Waals surface area contributed by atoms with Gasteiger partial charge >= 0.3 is 5.97 Å². The molecular formula is C24H22Cl2N2O3. The molecule has 0 saturated heterocycles. The number of halogens is 2. The van der Waals surface area contributed by atoms with Crippen LogP contribution in [-0.2, 0) is 4.74 Å². The molecule has 0 spiro atoms. The normalized spacial score (nSPS) is 16.9. The lowest BCUT2D eigenvalue weighted by atomic mass is 9.89. The molecule has 2 N–H and O–H groups in total. The van der Waals surface area contributed by atoms with Crippen molar-refractivity contribution in [3.8, 4) is 28.3 Å². The maximum absolute atomic E-state index is 11.9. The molecule has 1 unspecified atom stereocenters. The Kier molecular flexibility index (Phi) is 5.69. The second kappa shape index (κ2) is 8.15. The van der Waals surface area contributed by atoms with Gasteiger partial charge in [-0.05, 0) is 49.7 Å². The monoisotopic (exact) mass is 456 g/mol. The molecule has 1 aliphatic rings. The van der Waals surface area contributed by atoms with Crippen LogP contribution in [0.3, 0.4) is 0 Å². The SMILES string of the molecule is COC(=O)c1ccc(-c2nc3c(cc2-c2ccc(Cl)cc2)C(N)CC(C)(C)O3)c(Cl)c1. The van der Waals surface area contributed by atoms with Crippen LogP contribution in [-0.4, -0.2) is 23.7 Å². The molecule has 2 aromatic carbocycles. The maximum atomic E-state index is 11.9. The van der Waals surface area contributed by atoms with Gasteiger partial charge in [0.15, 0.2) is 0 Å². The summed E-state index contributed by atoms with van der Waals surface area (Å²) in [7, 11) is 1.33. The van der Waals surface area contributed by atoms with Gasteiger partial charge in [-0.2, -0.15) is 0 Å². The van der Waals surface area contributed by atoms with Gasteiger partial charge in [0.05, 0.1) is 23.4 Å². The number of nitrogens with two attached hydrogens (primary N) is 1. The average molecular weight is 457 g/mol. The van der Waals surface area contributed by atoms with E-state index in [2.05, 4.69) is 0 Å². The first-order valence-corrected chi connectivity index (χ1v) is 10.6. The van der Waals surface area contributed by atoms with E-state index in [4.69, 9.17) is 43.4 Å². The van der Waals surface area contributed by atoms with Crippen LogP contribution in [0.25, 0.3) is 22.4 Å². The molecule has 0 amide bonds. The number of hydrogen-bond acceptors (Lipinski definition) is 5. The smallest absolute Gasteiger partial charge is 0.337 e. The maximum Gasteiger partial charge on any atom is 0.337 e. The number of rotatable bonds is 3. The summed E-state index contributed by atoms with van der Waals surface area (Å²) in [5.41, 5.74) is 10.3. The van der Waals surface area contributed by atoms with Crippen LogP contribution in [0.2, 0.25) is 10.0 Å². The van der Waals surface area contributed by atoms with Crippen LogP contribution < -0.4 is 10.5 Å². The fraction of sp³-hybridized carbons (Fsp3) is 0.250. The Balaban J connectivity index is 1.94. The fourth-order valence-corrected chi connectivity index (χ4v) is 4.21. The molecule has 0 aliphatic carbocycles. The lowest BCUT2D eigenvalue weighted by Gasteiger charge is -2.35. The number of fused-ring (bicyclic) bond motifs is 1. The zero-order valence-corrected chi connectivity index (χ0v) is 18.9. The quantitative estimate of drug-likeness (QED) is 0.484. The van der Waals surface area contributed by atoms with E-state index < -0.39 is 11.6 Å². The lowest BCUT2D eigenvalue weighted by Crippen LogP contribution is -2.38. The van der Waals surface area contributed by atoms with E-state index in [-0.39, 0.29) is 6.04 Å². The van der Waals surface area contributed by atoms with Crippen molar-refractivity contribution in [2.24, 2.45) is 5.73 Å². The van der Waals surface area contributed by atoms with Gasteiger partial charge < -0.3 is 15.2 Å². The Labute approximate surface area is 191 Å². The number of hydrogen-bond donors (Lipinski definition) is 1. The summed E-state index contributed by atoms with van der Waals surface area (Å²) in [5, 5.41) is 1.02. The highest BCUT2D eigenvalue weighted by molar-refractivity contribution is 6.33. The van der Waals surface area contributed by atoms with Crippen molar-refractivity contribution in [2.75, 3.05) is 7.11 Å². The van der Waals surface area contributed by atoms with Crippen molar-refractivity contribution in [1.82, 2.24) is 4.98 Å². The van der Waals surface area contributed by atoms with Crippen molar-refractivity contribution >= 4 is 29.2 Å². The Morgan fingerprint density at radius 3 is 2.48 bits per heavy atom. The van der Waals surface area contributed by atoms with Gasteiger partial charge in [-0.15, -0.1) is 0 Å². The van der Waals surface area contributed by atoms with Crippen LogP contribution in [0, 0.1) is 0 Å². The van der Waals surface area contributed by atoms with Crippen molar-refractivity contribution < 1.29 is 14.3 Å². The van der Waals surface area contributed by atoms with Gasteiger partial charge in [-0.1, -0.05) is 41.4 Å². The molecule has 5 nitrogen and oxygen atoms in total. The molecule has 1 aromatic heterocycles. The minimum Gasteiger partial charge on any atom is -0.471 e. The molecule has 0 saturated carbocycles. The Bertz CT molecular complexity index is 1160. The first-order valence-electron chi connectivity index (χ1n) is 9.82. The summed E-state index contributed by atoms with van der Waals surface area (Å²) < 4.78 is 10.9. The van der Waals surface area contributed by atoms with Crippen LogP contribution in [0.5, 0.6) is 5.88 Å². The third kappa shape index (κ3) is 4.26. The summed E-state index contributed by atoms with van der Waals surface area (Å²) in [5.74, 6) is 0.0328. The van der Waals surface area contributed by atoms with E-state index in [0.717, 1.165) is 16.7 Å². The highest BCUT2D eigenvalue weighted by Gasteiger charge is 2.34. The number of aromatic nitrogens is 1. The van der Waals surface area contributed by atoms with Crippen molar-refractivity contribution in [1.29, 1.82) is 0 Å². The van der Waals surface area contributed by atoms with Crippen molar-refractivity contribution in [3.63, 3.8) is 0 Å². The topological polar surface area (TPSA) is 74.4 Å². The molecule has 0 fully saturated rings. The van der Waals surface area contributed by atoms with E-state index >= 15 is 0 Å². The summed E-state index contributed by atoms with van der Waals surface area (Å²) in [4.78, 5) is 16.7. The number of ether oxygens (including phenoxy) is 2. The average Bonchev–Trinajstić information content (AvgIpc) is 2.72. The molecule has 7 heteroatoms. The number of methoxy groups -OCH3 is 1. The van der Waals surface area contributed by atoms with Crippen LogP contribution in [0.4, 0.5) is 0 Å². The van der Waals surface area contributed by atoms with Crippen LogP contribution in [0.1, 0.15) is 42.2 Å².